The lowest BCUT2D eigenvalue weighted by Crippen LogP contribution is -2.05. The molecule has 1 atom stereocenters. The van der Waals surface area contributed by atoms with Gasteiger partial charge in [-0.25, -0.2) is 0 Å². The number of nitrogens with zero attached hydrogens (tertiary/aromatic N) is 3. The molecule has 0 fully saturated rings. The van der Waals surface area contributed by atoms with Gasteiger partial charge < -0.3 is 5.73 Å². The molecule has 0 aliphatic carbocycles. The Kier molecular flexibility index (Phi) is 3.32. The number of hydrogen-bond donors (Lipinski definition) is 1. The second kappa shape index (κ2) is 4.28. The largest absolute Gasteiger partial charge is 0.381 e. The Morgan fingerprint density at radius 2 is 2.54 bits per heavy atom. The maximum absolute atomic E-state index is 8.41. The molecule has 13 heavy (non-hydrogen) atoms. The van der Waals surface area contributed by atoms with Crippen molar-refractivity contribution in [2.45, 2.75) is 25.8 Å². The number of anilines is 1. The van der Waals surface area contributed by atoms with E-state index in [4.69, 9.17) is 11.0 Å². The van der Waals surface area contributed by atoms with Crippen molar-refractivity contribution in [2.75, 3.05) is 5.73 Å². The number of hydrogen-bond acceptors (Lipinski definition) is 3. The van der Waals surface area contributed by atoms with Crippen molar-refractivity contribution >= 4 is 21.7 Å². The van der Waals surface area contributed by atoms with Crippen molar-refractivity contribution in [1.82, 2.24) is 9.78 Å². The smallest absolute Gasteiger partial charge is 0.159 e. The van der Waals surface area contributed by atoms with Gasteiger partial charge in [-0.3, -0.25) is 4.68 Å². The van der Waals surface area contributed by atoms with Gasteiger partial charge in [0.05, 0.1) is 16.6 Å². The predicted octanol–water partition coefficient (Wildman–Crippen LogP) is 2.09. The van der Waals surface area contributed by atoms with Crippen molar-refractivity contribution in [2.24, 2.45) is 0 Å². The molecule has 0 bridgehead atoms. The van der Waals surface area contributed by atoms with E-state index < -0.39 is 0 Å². The Balaban J connectivity index is 2.67. The third-order valence-electron chi connectivity index (χ3n) is 1.84. The summed E-state index contributed by atoms with van der Waals surface area (Å²) in [6.07, 6.45) is 3.17. The molecule has 2 N–H and O–H groups in total. The van der Waals surface area contributed by atoms with Crippen LogP contribution >= 0.6 is 15.9 Å². The van der Waals surface area contributed by atoms with Crippen LogP contribution in [0.25, 0.3) is 0 Å². The molecular formula is C8H11BrN4. The van der Waals surface area contributed by atoms with E-state index in [-0.39, 0.29) is 6.04 Å². The van der Waals surface area contributed by atoms with Crippen LogP contribution in [0.15, 0.2) is 10.7 Å². The van der Waals surface area contributed by atoms with Crippen LogP contribution in [0.3, 0.4) is 0 Å². The quantitative estimate of drug-likeness (QED) is 0.883. The van der Waals surface area contributed by atoms with Crippen LogP contribution in [0.4, 0.5) is 5.82 Å². The van der Waals surface area contributed by atoms with Gasteiger partial charge in [-0.2, -0.15) is 10.4 Å². The Morgan fingerprint density at radius 1 is 1.85 bits per heavy atom. The average Bonchev–Trinajstić information content (AvgIpc) is 2.43. The van der Waals surface area contributed by atoms with Crippen molar-refractivity contribution in [3.8, 4) is 6.07 Å². The number of nitriles is 1. The lowest BCUT2D eigenvalue weighted by atomic mass is 10.2. The van der Waals surface area contributed by atoms with Gasteiger partial charge in [0.1, 0.15) is 0 Å². The molecule has 0 aliphatic rings. The molecule has 1 rings (SSSR count). The first-order chi connectivity index (χ1) is 6.15. The molecule has 0 spiro atoms. The van der Waals surface area contributed by atoms with E-state index in [0.29, 0.717) is 12.2 Å². The fourth-order valence-corrected chi connectivity index (χ4v) is 1.30. The Labute approximate surface area is 85.5 Å². The summed E-state index contributed by atoms with van der Waals surface area (Å²) < 4.78 is 2.58. The van der Waals surface area contributed by atoms with Crippen LogP contribution in [-0.2, 0) is 0 Å². The van der Waals surface area contributed by atoms with Gasteiger partial charge in [-0.15, -0.1) is 0 Å². The molecule has 4 nitrogen and oxygen atoms in total. The van der Waals surface area contributed by atoms with Gasteiger partial charge in [0, 0.05) is 12.6 Å². The molecule has 1 aromatic heterocycles. The SMILES string of the molecule is CC(CCC#N)n1cc(Br)c(N)n1. The zero-order valence-corrected chi connectivity index (χ0v) is 8.95. The van der Waals surface area contributed by atoms with Gasteiger partial charge in [-0.1, -0.05) is 0 Å². The van der Waals surface area contributed by atoms with E-state index in [1.54, 1.807) is 4.68 Å². The lowest BCUT2D eigenvalue weighted by molar-refractivity contribution is 0.466. The van der Waals surface area contributed by atoms with E-state index in [1.165, 1.54) is 0 Å². The Hall–Kier alpha value is -1.02. The average molecular weight is 243 g/mol. The molecule has 0 aliphatic heterocycles. The van der Waals surface area contributed by atoms with Crippen molar-refractivity contribution < 1.29 is 0 Å². The van der Waals surface area contributed by atoms with Crippen LogP contribution < -0.4 is 5.73 Å². The van der Waals surface area contributed by atoms with E-state index >= 15 is 0 Å². The second-order valence-corrected chi connectivity index (χ2v) is 3.74. The first kappa shape index (κ1) is 10.1. The van der Waals surface area contributed by atoms with Gasteiger partial charge >= 0.3 is 0 Å². The minimum Gasteiger partial charge on any atom is -0.381 e. The third-order valence-corrected chi connectivity index (χ3v) is 2.45. The van der Waals surface area contributed by atoms with Crippen LogP contribution in [0.2, 0.25) is 0 Å². The molecular weight excluding hydrogens is 232 g/mol. The van der Waals surface area contributed by atoms with Crippen molar-refractivity contribution in [1.29, 1.82) is 5.26 Å². The molecule has 0 radical (unpaired) electrons. The maximum atomic E-state index is 8.41. The fraction of sp³-hybridized carbons (Fsp3) is 0.500. The highest BCUT2D eigenvalue weighted by molar-refractivity contribution is 9.10. The second-order valence-electron chi connectivity index (χ2n) is 2.89. The first-order valence-corrected chi connectivity index (χ1v) is 4.81. The van der Waals surface area contributed by atoms with Crippen LogP contribution in [0, 0.1) is 11.3 Å². The molecule has 70 valence electrons. The molecule has 1 heterocycles. The molecule has 5 heteroatoms. The zero-order chi connectivity index (χ0) is 9.84. The van der Waals surface area contributed by atoms with E-state index in [2.05, 4.69) is 27.1 Å². The fourth-order valence-electron chi connectivity index (χ4n) is 1.01. The standard InChI is InChI=1S/C8H11BrN4/c1-6(3-2-4-10)13-5-7(9)8(11)12-13/h5-6H,2-3H2,1H3,(H2,11,12). The highest BCUT2D eigenvalue weighted by Crippen LogP contribution is 2.20. The summed E-state index contributed by atoms with van der Waals surface area (Å²) in [5.41, 5.74) is 5.56. The van der Waals surface area contributed by atoms with Gasteiger partial charge in [0.25, 0.3) is 0 Å². The highest BCUT2D eigenvalue weighted by atomic mass is 79.9. The topological polar surface area (TPSA) is 67.6 Å². The third kappa shape index (κ3) is 2.46. The summed E-state index contributed by atoms with van der Waals surface area (Å²) in [6.45, 7) is 2.01. The summed E-state index contributed by atoms with van der Waals surface area (Å²) in [6, 6.07) is 2.32. The molecule has 0 saturated heterocycles. The number of nitrogen functional groups attached to an aromatic ring is 1. The zero-order valence-electron chi connectivity index (χ0n) is 7.37. The number of aromatic nitrogens is 2. The van der Waals surface area contributed by atoms with Crippen molar-refractivity contribution in [3.63, 3.8) is 0 Å². The van der Waals surface area contributed by atoms with E-state index in [9.17, 15) is 0 Å². The number of halogens is 1. The maximum Gasteiger partial charge on any atom is 0.159 e. The Bertz CT molecular complexity index is 306. The molecule has 1 aromatic rings. The normalized spacial score (nSPS) is 12.4. The van der Waals surface area contributed by atoms with Gasteiger partial charge in [0.2, 0.25) is 0 Å². The summed E-state index contributed by atoms with van der Waals surface area (Å²) >= 11 is 3.28. The summed E-state index contributed by atoms with van der Waals surface area (Å²) in [5.74, 6) is 0.490. The van der Waals surface area contributed by atoms with E-state index in [1.807, 2.05) is 13.1 Å². The predicted molar refractivity (Wildman–Crippen MR) is 53.9 cm³/mol. The molecule has 0 saturated carbocycles. The van der Waals surface area contributed by atoms with Gasteiger partial charge in [-0.05, 0) is 29.3 Å². The molecule has 0 amide bonds. The first-order valence-electron chi connectivity index (χ1n) is 4.02. The molecule has 1 unspecified atom stereocenters. The molecule has 0 aromatic carbocycles. The van der Waals surface area contributed by atoms with Crippen molar-refractivity contribution in [3.05, 3.63) is 10.7 Å². The monoisotopic (exact) mass is 242 g/mol. The minimum absolute atomic E-state index is 0.216. The summed E-state index contributed by atoms with van der Waals surface area (Å²) in [4.78, 5) is 0. The number of rotatable bonds is 3. The summed E-state index contributed by atoms with van der Waals surface area (Å²) in [7, 11) is 0. The van der Waals surface area contributed by atoms with Crippen LogP contribution in [-0.4, -0.2) is 9.78 Å². The van der Waals surface area contributed by atoms with Crippen LogP contribution in [0.1, 0.15) is 25.8 Å². The highest BCUT2D eigenvalue weighted by Gasteiger charge is 2.08. The minimum atomic E-state index is 0.216. The summed E-state index contributed by atoms with van der Waals surface area (Å²) in [5, 5.41) is 12.5. The Morgan fingerprint density at radius 3 is 3.00 bits per heavy atom. The van der Waals surface area contributed by atoms with E-state index in [0.717, 1.165) is 10.9 Å². The van der Waals surface area contributed by atoms with Gasteiger partial charge in [0.15, 0.2) is 5.82 Å². The lowest BCUT2D eigenvalue weighted by Gasteiger charge is -2.08. The van der Waals surface area contributed by atoms with Crippen LogP contribution in [0.5, 0.6) is 0 Å². The number of nitrogens with two attached hydrogens (primary N) is 1.